The van der Waals surface area contributed by atoms with Gasteiger partial charge in [-0.2, -0.15) is 26.3 Å². The molecule has 222 valence electrons. The van der Waals surface area contributed by atoms with Crippen molar-refractivity contribution in [3.63, 3.8) is 0 Å². The number of rotatable bonds is 7. The van der Waals surface area contributed by atoms with Gasteiger partial charge in [0.25, 0.3) is 5.60 Å². The van der Waals surface area contributed by atoms with Crippen molar-refractivity contribution in [1.29, 1.82) is 0 Å². The molecule has 0 spiro atoms. The zero-order valence-electron chi connectivity index (χ0n) is 21.8. The van der Waals surface area contributed by atoms with Gasteiger partial charge < -0.3 is 10.5 Å². The summed E-state index contributed by atoms with van der Waals surface area (Å²) in [4.78, 5) is -0.225. The maximum absolute atomic E-state index is 14.3. The summed E-state index contributed by atoms with van der Waals surface area (Å²) in [7, 11) is -4.30. The largest absolute Gasteiger partial charge is 0.430 e. The van der Waals surface area contributed by atoms with E-state index >= 15 is 0 Å². The Labute approximate surface area is 233 Å². The molecule has 3 atom stereocenters. The molecule has 3 aromatic rings. The molecule has 0 aromatic heterocycles. The van der Waals surface area contributed by atoms with E-state index in [1.54, 1.807) is 13.0 Å². The molecule has 0 saturated heterocycles. The van der Waals surface area contributed by atoms with Crippen LogP contribution in [0.2, 0.25) is 0 Å². The molecule has 1 unspecified atom stereocenters. The Morgan fingerprint density at radius 1 is 0.878 bits per heavy atom. The molecule has 12 heteroatoms. The van der Waals surface area contributed by atoms with Crippen molar-refractivity contribution in [3.8, 4) is 0 Å². The van der Waals surface area contributed by atoms with Gasteiger partial charge in [-0.05, 0) is 60.6 Å². The molecular formula is C29H28F7NO3S. The van der Waals surface area contributed by atoms with Crippen molar-refractivity contribution in [2.75, 3.05) is 0 Å². The van der Waals surface area contributed by atoms with Crippen molar-refractivity contribution >= 4 is 9.84 Å². The van der Waals surface area contributed by atoms with Gasteiger partial charge in [0.05, 0.1) is 11.5 Å². The number of ether oxygens (including phenoxy) is 1. The van der Waals surface area contributed by atoms with Crippen LogP contribution in [0.5, 0.6) is 0 Å². The lowest BCUT2D eigenvalue weighted by Crippen LogP contribution is -2.56. The minimum Gasteiger partial charge on any atom is -0.349 e. The molecular weight excluding hydrogens is 575 g/mol. The topological polar surface area (TPSA) is 69.4 Å². The van der Waals surface area contributed by atoms with E-state index in [2.05, 4.69) is 0 Å². The Morgan fingerprint density at radius 2 is 1.44 bits per heavy atom. The van der Waals surface area contributed by atoms with E-state index in [9.17, 15) is 39.2 Å². The fourth-order valence-corrected chi connectivity index (χ4v) is 7.73. The lowest BCUT2D eigenvalue weighted by Gasteiger charge is -2.43. The highest BCUT2D eigenvalue weighted by Crippen LogP contribution is 2.54. The summed E-state index contributed by atoms with van der Waals surface area (Å²) in [5.74, 6) is -1.02. The number of alkyl halides is 6. The summed E-state index contributed by atoms with van der Waals surface area (Å²) in [6.45, 7) is 0.739. The highest BCUT2D eigenvalue weighted by molar-refractivity contribution is 7.92. The van der Waals surface area contributed by atoms with Crippen LogP contribution in [0.1, 0.15) is 42.9 Å². The minimum atomic E-state index is -5.91. The zero-order chi connectivity index (χ0) is 30.3. The van der Waals surface area contributed by atoms with Gasteiger partial charge in [0.15, 0.2) is 9.84 Å². The van der Waals surface area contributed by atoms with Crippen LogP contribution in [0.3, 0.4) is 0 Å². The molecule has 0 aliphatic heterocycles. The van der Waals surface area contributed by atoms with E-state index < -0.39 is 50.5 Å². The first-order valence-corrected chi connectivity index (χ1v) is 14.2. The zero-order valence-corrected chi connectivity index (χ0v) is 22.7. The molecule has 0 heterocycles. The first kappa shape index (κ1) is 31.0. The van der Waals surface area contributed by atoms with Gasteiger partial charge >= 0.3 is 12.4 Å². The van der Waals surface area contributed by atoms with E-state index in [1.165, 1.54) is 24.3 Å². The molecule has 1 fully saturated rings. The van der Waals surface area contributed by atoms with E-state index in [-0.39, 0.29) is 47.2 Å². The lowest BCUT2D eigenvalue weighted by atomic mass is 9.75. The summed E-state index contributed by atoms with van der Waals surface area (Å²) in [6.07, 6.45) is -11.7. The van der Waals surface area contributed by atoms with Gasteiger partial charge in [-0.25, -0.2) is 12.8 Å². The van der Waals surface area contributed by atoms with Crippen molar-refractivity contribution < 1.29 is 43.9 Å². The average Bonchev–Trinajstić information content (AvgIpc) is 2.90. The molecule has 0 amide bonds. The van der Waals surface area contributed by atoms with Crippen molar-refractivity contribution in [1.82, 2.24) is 0 Å². The summed E-state index contributed by atoms with van der Waals surface area (Å²) >= 11 is 0. The molecule has 4 rings (SSSR count). The maximum atomic E-state index is 14.3. The fourth-order valence-electron chi connectivity index (χ4n) is 5.47. The third-order valence-electron chi connectivity index (χ3n) is 7.82. The molecule has 2 N–H and O–H groups in total. The highest BCUT2D eigenvalue weighted by atomic mass is 32.2. The first-order chi connectivity index (χ1) is 19.0. The van der Waals surface area contributed by atoms with Crippen LogP contribution in [0.25, 0.3) is 0 Å². The standard InChI is InChI=1S/C29H28F7NO3S/c1-19-17-26(16-15-25(19)37,41(38,39)24-13-11-23(30)12-14-24)21-7-9-22(10-8-21)27(28(31,32)33,29(34,35)36)40-18-20-5-3-2-4-6-20/h2-14,19,25H,15-18,37H2,1H3/t19-,25?,26+/m0/s1. The van der Waals surface area contributed by atoms with Crippen LogP contribution in [-0.2, 0) is 31.5 Å². The molecule has 1 saturated carbocycles. The Kier molecular flexibility index (Phi) is 8.34. The number of hydrogen-bond donors (Lipinski definition) is 1. The summed E-state index contributed by atoms with van der Waals surface area (Å²) < 4.78 is 131. The Balaban J connectivity index is 1.84. The van der Waals surface area contributed by atoms with Gasteiger partial charge in [0, 0.05) is 11.6 Å². The van der Waals surface area contributed by atoms with E-state index in [0.29, 0.717) is 12.1 Å². The van der Waals surface area contributed by atoms with E-state index in [4.69, 9.17) is 10.5 Å². The van der Waals surface area contributed by atoms with Crippen LogP contribution in [0.15, 0.2) is 83.8 Å². The second-order valence-corrected chi connectivity index (χ2v) is 12.6. The molecule has 0 bridgehead atoms. The van der Waals surface area contributed by atoms with E-state index in [1.807, 2.05) is 0 Å². The lowest BCUT2D eigenvalue weighted by molar-refractivity contribution is -0.392. The molecule has 41 heavy (non-hydrogen) atoms. The number of nitrogens with two attached hydrogens (primary N) is 1. The van der Waals surface area contributed by atoms with Crippen LogP contribution in [-0.4, -0.2) is 26.8 Å². The van der Waals surface area contributed by atoms with Crippen LogP contribution in [0, 0.1) is 11.7 Å². The van der Waals surface area contributed by atoms with Crippen molar-refractivity contribution in [2.45, 2.75) is 66.4 Å². The fraction of sp³-hybridized carbons (Fsp3) is 0.379. The van der Waals surface area contributed by atoms with Crippen molar-refractivity contribution in [3.05, 3.63) is 101 Å². The molecule has 1 aliphatic carbocycles. The predicted molar refractivity (Wildman–Crippen MR) is 138 cm³/mol. The Bertz CT molecular complexity index is 1430. The average molecular weight is 604 g/mol. The van der Waals surface area contributed by atoms with E-state index in [0.717, 1.165) is 36.4 Å². The third kappa shape index (κ3) is 5.49. The summed E-state index contributed by atoms with van der Waals surface area (Å²) in [5, 5.41) is 0. The Hall–Kier alpha value is -2.96. The number of benzene rings is 3. The predicted octanol–water partition coefficient (Wildman–Crippen LogP) is 7.18. The number of hydrogen-bond acceptors (Lipinski definition) is 4. The third-order valence-corrected chi connectivity index (χ3v) is 10.3. The van der Waals surface area contributed by atoms with Gasteiger partial charge in [-0.3, -0.25) is 0 Å². The number of halogens is 7. The highest BCUT2D eigenvalue weighted by Gasteiger charge is 2.73. The Morgan fingerprint density at radius 3 is 1.95 bits per heavy atom. The SMILES string of the molecule is C[C@H]1C[C@](c2ccc(C(OCc3ccccc3)(C(F)(F)F)C(F)(F)F)cc2)(S(=O)(=O)c2ccc(F)cc2)CCC1N. The molecule has 0 radical (unpaired) electrons. The molecule has 4 nitrogen and oxygen atoms in total. The minimum absolute atomic E-state index is 0.00522. The molecule has 3 aromatic carbocycles. The van der Waals surface area contributed by atoms with Gasteiger partial charge in [0.1, 0.15) is 10.6 Å². The number of sulfone groups is 1. The quantitative estimate of drug-likeness (QED) is 0.230. The first-order valence-electron chi connectivity index (χ1n) is 12.7. The summed E-state index contributed by atoms with van der Waals surface area (Å²) in [5.41, 5.74) is 0.304. The van der Waals surface area contributed by atoms with Crippen LogP contribution < -0.4 is 5.73 Å². The van der Waals surface area contributed by atoms with Gasteiger partial charge in [-0.1, -0.05) is 61.5 Å². The second kappa shape index (κ2) is 11.0. The normalized spacial score (nSPS) is 22.5. The van der Waals surface area contributed by atoms with Gasteiger partial charge in [-0.15, -0.1) is 0 Å². The molecule has 1 aliphatic rings. The smallest absolute Gasteiger partial charge is 0.349 e. The van der Waals surface area contributed by atoms with Crippen molar-refractivity contribution in [2.24, 2.45) is 11.7 Å². The van der Waals surface area contributed by atoms with Crippen LogP contribution >= 0.6 is 0 Å². The summed E-state index contributed by atoms with van der Waals surface area (Å²) in [6, 6.07) is 14.0. The van der Waals surface area contributed by atoms with Crippen LogP contribution in [0.4, 0.5) is 30.7 Å². The monoisotopic (exact) mass is 603 g/mol. The maximum Gasteiger partial charge on any atom is 0.430 e. The second-order valence-electron chi connectivity index (χ2n) is 10.4. The van der Waals surface area contributed by atoms with Gasteiger partial charge in [0.2, 0.25) is 0 Å².